The Morgan fingerprint density at radius 2 is 1.85 bits per heavy atom. The van der Waals surface area contributed by atoms with Crippen LogP contribution in [0.15, 0.2) is 48.5 Å². The Morgan fingerprint density at radius 1 is 1.10 bits per heavy atom. The Bertz CT molecular complexity index is 581. The van der Waals surface area contributed by atoms with Crippen LogP contribution in [-0.4, -0.2) is 5.97 Å². The van der Waals surface area contributed by atoms with Crippen LogP contribution in [0.2, 0.25) is 5.02 Å². The molecule has 0 spiro atoms. The lowest BCUT2D eigenvalue weighted by Gasteiger charge is -2.05. The third-order valence-corrected chi connectivity index (χ3v) is 3.13. The van der Waals surface area contributed by atoms with E-state index in [9.17, 15) is 4.79 Å². The number of hydrogen-bond donors (Lipinski definition) is 1. The first-order chi connectivity index (χ1) is 9.63. The number of aryl methyl sites for hydroxylation is 1. The van der Waals surface area contributed by atoms with Crippen LogP contribution in [0, 0.1) is 0 Å². The lowest BCUT2D eigenvalue weighted by Crippen LogP contribution is -2.06. The molecule has 20 heavy (non-hydrogen) atoms. The Kier molecular flexibility index (Phi) is 5.02. The highest BCUT2D eigenvalue weighted by Gasteiger charge is 2.04. The van der Waals surface area contributed by atoms with E-state index in [4.69, 9.17) is 22.1 Å². The van der Waals surface area contributed by atoms with Gasteiger partial charge in [0, 0.05) is 17.1 Å². The second-order valence-corrected chi connectivity index (χ2v) is 4.97. The maximum absolute atomic E-state index is 11.7. The topological polar surface area (TPSA) is 52.3 Å². The average molecular weight is 290 g/mol. The molecule has 0 aliphatic heterocycles. The molecule has 0 aliphatic carbocycles. The van der Waals surface area contributed by atoms with Gasteiger partial charge in [-0.05, 0) is 41.8 Å². The van der Waals surface area contributed by atoms with Gasteiger partial charge in [0.15, 0.2) is 0 Å². The van der Waals surface area contributed by atoms with Crippen molar-refractivity contribution in [2.24, 2.45) is 0 Å². The van der Waals surface area contributed by atoms with Gasteiger partial charge in [0.2, 0.25) is 0 Å². The van der Waals surface area contributed by atoms with Gasteiger partial charge in [-0.25, -0.2) is 0 Å². The van der Waals surface area contributed by atoms with Gasteiger partial charge in [-0.1, -0.05) is 35.9 Å². The minimum Gasteiger partial charge on any atom is -0.461 e. The molecule has 3 nitrogen and oxygen atoms in total. The van der Waals surface area contributed by atoms with Crippen LogP contribution in [0.1, 0.15) is 17.5 Å². The molecular weight excluding hydrogens is 274 g/mol. The summed E-state index contributed by atoms with van der Waals surface area (Å²) in [6, 6.07) is 14.7. The monoisotopic (exact) mass is 289 g/mol. The summed E-state index contributed by atoms with van der Waals surface area (Å²) in [6.45, 7) is 0.271. The second kappa shape index (κ2) is 6.96. The number of carbonyl (C=O) groups is 1. The standard InChI is InChI=1S/C16H16ClNO2/c17-14-7-4-13(5-8-14)11-20-16(19)9-6-12-2-1-3-15(18)10-12/h1-5,7-8,10H,6,9,11,18H2. The highest BCUT2D eigenvalue weighted by molar-refractivity contribution is 6.30. The molecule has 2 N–H and O–H groups in total. The van der Waals surface area contributed by atoms with E-state index >= 15 is 0 Å². The normalized spacial score (nSPS) is 10.2. The Balaban J connectivity index is 1.77. The third kappa shape index (κ3) is 4.59. The number of hydrogen-bond acceptors (Lipinski definition) is 3. The van der Waals surface area contributed by atoms with Gasteiger partial charge < -0.3 is 10.5 Å². The lowest BCUT2D eigenvalue weighted by molar-refractivity contribution is -0.144. The summed E-state index contributed by atoms with van der Waals surface area (Å²) in [7, 11) is 0. The summed E-state index contributed by atoms with van der Waals surface area (Å²) < 4.78 is 5.21. The summed E-state index contributed by atoms with van der Waals surface area (Å²) in [6.07, 6.45) is 0.974. The SMILES string of the molecule is Nc1cccc(CCC(=O)OCc2ccc(Cl)cc2)c1. The predicted molar refractivity (Wildman–Crippen MR) is 80.4 cm³/mol. The lowest BCUT2D eigenvalue weighted by atomic mass is 10.1. The number of nitrogen functional groups attached to an aromatic ring is 1. The van der Waals surface area contributed by atoms with Crippen LogP contribution in [0.25, 0.3) is 0 Å². The Morgan fingerprint density at radius 3 is 2.55 bits per heavy atom. The molecule has 0 amide bonds. The van der Waals surface area contributed by atoms with Crippen molar-refractivity contribution in [3.05, 3.63) is 64.7 Å². The molecule has 4 heteroatoms. The van der Waals surface area contributed by atoms with E-state index < -0.39 is 0 Å². The number of rotatable bonds is 5. The molecule has 0 saturated heterocycles. The van der Waals surface area contributed by atoms with E-state index in [2.05, 4.69) is 0 Å². The van der Waals surface area contributed by atoms with Crippen LogP contribution in [0.5, 0.6) is 0 Å². The molecule has 104 valence electrons. The molecule has 0 radical (unpaired) electrons. The molecule has 0 fully saturated rings. The van der Waals surface area contributed by atoms with Gasteiger partial charge in [0.25, 0.3) is 0 Å². The molecule has 2 rings (SSSR count). The number of anilines is 1. The summed E-state index contributed by atoms with van der Waals surface area (Å²) >= 11 is 5.79. The van der Waals surface area contributed by atoms with Gasteiger partial charge in [0.1, 0.15) is 6.61 Å². The van der Waals surface area contributed by atoms with Gasteiger partial charge in [-0.2, -0.15) is 0 Å². The molecule has 0 aromatic heterocycles. The fourth-order valence-electron chi connectivity index (χ4n) is 1.81. The molecule has 0 bridgehead atoms. The van der Waals surface area contributed by atoms with Crippen molar-refractivity contribution in [1.29, 1.82) is 0 Å². The fourth-order valence-corrected chi connectivity index (χ4v) is 1.94. The van der Waals surface area contributed by atoms with Crippen LogP contribution >= 0.6 is 11.6 Å². The van der Waals surface area contributed by atoms with E-state index in [-0.39, 0.29) is 12.6 Å². The van der Waals surface area contributed by atoms with E-state index in [0.717, 1.165) is 11.1 Å². The quantitative estimate of drug-likeness (QED) is 0.676. The number of esters is 1. The molecule has 0 heterocycles. The predicted octanol–water partition coefficient (Wildman–Crippen LogP) is 3.60. The minimum atomic E-state index is -0.220. The van der Waals surface area contributed by atoms with Crippen molar-refractivity contribution in [3.8, 4) is 0 Å². The van der Waals surface area contributed by atoms with Crippen molar-refractivity contribution in [3.63, 3.8) is 0 Å². The highest BCUT2D eigenvalue weighted by Crippen LogP contribution is 2.12. The van der Waals surface area contributed by atoms with E-state index in [0.29, 0.717) is 23.6 Å². The van der Waals surface area contributed by atoms with Gasteiger partial charge in [0.05, 0.1) is 0 Å². The van der Waals surface area contributed by atoms with Gasteiger partial charge in [-0.15, -0.1) is 0 Å². The van der Waals surface area contributed by atoms with Crippen LogP contribution in [-0.2, 0) is 22.6 Å². The number of halogens is 1. The molecule has 2 aromatic carbocycles. The van der Waals surface area contributed by atoms with Crippen molar-refractivity contribution < 1.29 is 9.53 Å². The maximum Gasteiger partial charge on any atom is 0.306 e. The number of benzene rings is 2. The second-order valence-electron chi connectivity index (χ2n) is 4.53. The van der Waals surface area contributed by atoms with Crippen LogP contribution in [0.4, 0.5) is 5.69 Å². The zero-order valence-electron chi connectivity index (χ0n) is 11.0. The number of carbonyl (C=O) groups excluding carboxylic acids is 1. The fraction of sp³-hybridized carbons (Fsp3) is 0.188. The molecule has 0 atom stereocenters. The average Bonchev–Trinajstić information content (AvgIpc) is 2.45. The molecular formula is C16H16ClNO2. The van der Waals surface area contributed by atoms with E-state index in [1.165, 1.54) is 0 Å². The summed E-state index contributed by atoms with van der Waals surface area (Å²) in [5.41, 5.74) is 8.35. The van der Waals surface area contributed by atoms with E-state index in [1.54, 1.807) is 12.1 Å². The van der Waals surface area contributed by atoms with Crippen molar-refractivity contribution in [2.45, 2.75) is 19.4 Å². The maximum atomic E-state index is 11.7. The van der Waals surface area contributed by atoms with Gasteiger partial charge >= 0.3 is 5.97 Å². The Labute approximate surface area is 123 Å². The largest absolute Gasteiger partial charge is 0.461 e. The number of ether oxygens (including phenoxy) is 1. The molecule has 0 saturated carbocycles. The van der Waals surface area contributed by atoms with E-state index in [1.807, 2.05) is 36.4 Å². The molecule has 0 unspecified atom stereocenters. The summed E-state index contributed by atoms with van der Waals surface area (Å²) in [5, 5.41) is 0.668. The molecule has 0 aliphatic rings. The zero-order chi connectivity index (χ0) is 14.4. The molecule has 2 aromatic rings. The van der Waals surface area contributed by atoms with Crippen LogP contribution in [0.3, 0.4) is 0 Å². The summed E-state index contributed by atoms with van der Waals surface area (Å²) in [4.78, 5) is 11.7. The van der Waals surface area contributed by atoms with Crippen molar-refractivity contribution in [1.82, 2.24) is 0 Å². The minimum absolute atomic E-state index is 0.220. The van der Waals surface area contributed by atoms with Crippen molar-refractivity contribution in [2.75, 3.05) is 5.73 Å². The third-order valence-electron chi connectivity index (χ3n) is 2.88. The zero-order valence-corrected chi connectivity index (χ0v) is 11.8. The van der Waals surface area contributed by atoms with Crippen molar-refractivity contribution >= 4 is 23.3 Å². The first-order valence-corrected chi connectivity index (χ1v) is 6.76. The first-order valence-electron chi connectivity index (χ1n) is 6.38. The smallest absolute Gasteiger partial charge is 0.306 e. The Hall–Kier alpha value is -2.00. The van der Waals surface area contributed by atoms with Crippen LogP contribution < -0.4 is 5.73 Å². The van der Waals surface area contributed by atoms with Gasteiger partial charge in [-0.3, -0.25) is 4.79 Å². The number of nitrogens with two attached hydrogens (primary N) is 1. The summed E-state index contributed by atoms with van der Waals surface area (Å²) in [5.74, 6) is -0.220. The highest BCUT2D eigenvalue weighted by atomic mass is 35.5. The first kappa shape index (κ1) is 14.4.